The number of hydrogen-bond acceptors (Lipinski definition) is 7. The number of benzene rings is 1. The maximum absolute atomic E-state index is 11.2. The Balaban J connectivity index is 2.15. The van der Waals surface area contributed by atoms with Gasteiger partial charge in [-0.15, -0.1) is 0 Å². The summed E-state index contributed by atoms with van der Waals surface area (Å²) in [5.41, 5.74) is 0.502. The Morgan fingerprint density at radius 3 is 2.39 bits per heavy atom. The van der Waals surface area contributed by atoms with Gasteiger partial charge in [-0.2, -0.15) is 0 Å². The summed E-state index contributed by atoms with van der Waals surface area (Å²) in [5.74, 6) is 0.0226. The van der Waals surface area contributed by atoms with E-state index in [1.54, 1.807) is 6.92 Å². The first-order chi connectivity index (χ1) is 11.0. The Hall–Kier alpha value is -2.16. The molecule has 0 bridgehead atoms. The van der Waals surface area contributed by atoms with Crippen LogP contribution in [0.5, 0.6) is 23.0 Å². The van der Waals surface area contributed by atoms with Crippen LogP contribution >= 0.6 is 15.9 Å². The lowest BCUT2D eigenvalue weighted by atomic mass is 9.92. The van der Waals surface area contributed by atoms with E-state index in [4.69, 9.17) is 23.8 Å². The highest BCUT2D eigenvalue weighted by Gasteiger charge is 2.42. The average Bonchev–Trinajstić information content (AvgIpc) is 3.13. The van der Waals surface area contributed by atoms with Gasteiger partial charge in [-0.25, -0.2) is 4.79 Å². The highest BCUT2D eigenvalue weighted by molar-refractivity contribution is 9.10. The fraction of sp³-hybridized carbons (Fsp3) is 0.429. The number of hydrogen-bond donors (Lipinski definition) is 1. The van der Waals surface area contributed by atoms with Crippen LogP contribution in [0.15, 0.2) is 9.63 Å². The van der Waals surface area contributed by atoms with Crippen molar-refractivity contribution in [1.29, 1.82) is 0 Å². The SMILES string of the molecule is COc1c(Br)c([C@@H]2ON=C(C(=O)O)[C@@H]2C)c(OC)c2c1OCO2. The largest absolute Gasteiger partial charge is 0.492 e. The molecule has 3 rings (SSSR count). The lowest BCUT2D eigenvalue weighted by molar-refractivity contribution is -0.129. The summed E-state index contributed by atoms with van der Waals surface area (Å²) in [7, 11) is 2.98. The number of methoxy groups -OCH3 is 2. The van der Waals surface area contributed by atoms with Crippen LogP contribution in [0.4, 0.5) is 0 Å². The Morgan fingerprint density at radius 1 is 1.26 bits per heavy atom. The van der Waals surface area contributed by atoms with E-state index >= 15 is 0 Å². The molecule has 23 heavy (non-hydrogen) atoms. The Labute approximate surface area is 140 Å². The first-order valence-electron chi connectivity index (χ1n) is 6.71. The van der Waals surface area contributed by atoms with Gasteiger partial charge in [-0.1, -0.05) is 12.1 Å². The first-order valence-corrected chi connectivity index (χ1v) is 7.50. The molecule has 2 aliphatic heterocycles. The van der Waals surface area contributed by atoms with Crippen molar-refractivity contribution in [3.05, 3.63) is 10.0 Å². The van der Waals surface area contributed by atoms with Gasteiger partial charge in [0.25, 0.3) is 0 Å². The van der Waals surface area contributed by atoms with Crippen LogP contribution in [0.3, 0.4) is 0 Å². The van der Waals surface area contributed by atoms with E-state index in [0.29, 0.717) is 33.0 Å². The minimum Gasteiger partial charge on any atom is -0.492 e. The molecule has 0 amide bonds. The lowest BCUT2D eigenvalue weighted by Gasteiger charge is -2.21. The third-order valence-corrected chi connectivity index (χ3v) is 4.55. The molecule has 124 valence electrons. The number of nitrogens with zero attached hydrogens (tertiary/aromatic N) is 1. The molecule has 2 atom stereocenters. The monoisotopic (exact) mass is 387 g/mol. The van der Waals surface area contributed by atoms with Crippen molar-refractivity contribution < 1.29 is 33.7 Å². The summed E-state index contributed by atoms with van der Waals surface area (Å²) in [6, 6.07) is 0. The van der Waals surface area contributed by atoms with Crippen molar-refractivity contribution >= 4 is 27.6 Å². The van der Waals surface area contributed by atoms with Crippen LogP contribution in [0.25, 0.3) is 0 Å². The highest BCUT2D eigenvalue weighted by atomic mass is 79.9. The molecule has 8 nitrogen and oxygen atoms in total. The number of aliphatic carboxylic acids is 1. The lowest BCUT2D eigenvalue weighted by Crippen LogP contribution is -2.22. The highest BCUT2D eigenvalue weighted by Crippen LogP contribution is 2.57. The second kappa shape index (κ2) is 5.80. The standard InChI is InChI=1S/C14H14BrNO7/c1-5-8(14(17)18)16-23-9(5)6-7(15)11(20-3)13-12(10(6)19-2)21-4-22-13/h5,9H,4H2,1-3H3,(H,17,18)/t5-,9+/m0/s1. The van der Waals surface area contributed by atoms with Gasteiger partial charge in [0.05, 0.1) is 30.2 Å². The summed E-state index contributed by atoms with van der Waals surface area (Å²) in [6.07, 6.45) is -0.658. The van der Waals surface area contributed by atoms with Crippen molar-refractivity contribution in [2.24, 2.45) is 11.1 Å². The minimum atomic E-state index is -1.12. The molecule has 0 saturated carbocycles. The van der Waals surface area contributed by atoms with E-state index in [0.717, 1.165) is 0 Å². The van der Waals surface area contributed by atoms with Gasteiger partial charge in [-0.3, -0.25) is 0 Å². The van der Waals surface area contributed by atoms with Crippen LogP contribution < -0.4 is 18.9 Å². The molecule has 2 heterocycles. The van der Waals surface area contributed by atoms with Crippen molar-refractivity contribution in [2.75, 3.05) is 21.0 Å². The molecule has 0 unspecified atom stereocenters. The molecule has 2 aliphatic rings. The van der Waals surface area contributed by atoms with E-state index in [2.05, 4.69) is 21.1 Å². The van der Waals surface area contributed by atoms with Gasteiger partial charge < -0.3 is 28.9 Å². The Kier molecular flexibility index (Phi) is 3.97. The zero-order valence-electron chi connectivity index (χ0n) is 12.6. The van der Waals surface area contributed by atoms with Crippen LogP contribution in [-0.4, -0.2) is 37.8 Å². The van der Waals surface area contributed by atoms with Crippen molar-refractivity contribution in [1.82, 2.24) is 0 Å². The second-order valence-electron chi connectivity index (χ2n) is 4.96. The van der Waals surface area contributed by atoms with Gasteiger partial charge in [-0.05, 0) is 15.9 Å². The molecule has 1 aromatic carbocycles. The first kappa shape index (κ1) is 15.7. The van der Waals surface area contributed by atoms with E-state index in [1.807, 2.05) is 0 Å². The van der Waals surface area contributed by atoms with E-state index in [1.165, 1.54) is 14.2 Å². The molecule has 0 aliphatic carbocycles. The predicted octanol–water partition coefficient (Wildman–Crippen LogP) is 2.34. The van der Waals surface area contributed by atoms with Crippen LogP contribution in [0, 0.1) is 5.92 Å². The molecular weight excluding hydrogens is 374 g/mol. The Morgan fingerprint density at radius 2 is 1.87 bits per heavy atom. The molecule has 0 fully saturated rings. The van der Waals surface area contributed by atoms with E-state index < -0.39 is 18.0 Å². The maximum Gasteiger partial charge on any atom is 0.354 e. The fourth-order valence-corrected chi connectivity index (χ4v) is 3.41. The molecule has 1 aromatic rings. The summed E-state index contributed by atoms with van der Waals surface area (Å²) in [4.78, 5) is 16.6. The summed E-state index contributed by atoms with van der Waals surface area (Å²) < 4.78 is 22.3. The van der Waals surface area contributed by atoms with Gasteiger partial charge in [0.2, 0.25) is 18.3 Å². The zero-order valence-corrected chi connectivity index (χ0v) is 14.2. The maximum atomic E-state index is 11.2. The van der Waals surface area contributed by atoms with Crippen molar-refractivity contribution in [3.63, 3.8) is 0 Å². The van der Waals surface area contributed by atoms with Crippen molar-refractivity contribution in [3.8, 4) is 23.0 Å². The number of ether oxygens (including phenoxy) is 4. The smallest absolute Gasteiger partial charge is 0.354 e. The summed E-state index contributed by atoms with van der Waals surface area (Å²) >= 11 is 3.46. The molecule has 0 radical (unpaired) electrons. The number of carboxylic acid groups (broad SMARTS) is 1. The number of carboxylic acids is 1. The molecule has 0 spiro atoms. The van der Waals surface area contributed by atoms with Crippen molar-refractivity contribution in [2.45, 2.75) is 13.0 Å². The number of rotatable bonds is 4. The summed E-state index contributed by atoms with van der Waals surface area (Å²) in [6.45, 7) is 1.75. The number of fused-ring (bicyclic) bond motifs is 1. The van der Waals surface area contributed by atoms with Crippen LogP contribution in [0.2, 0.25) is 0 Å². The third-order valence-electron chi connectivity index (χ3n) is 3.77. The molecule has 0 aromatic heterocycles. The fourth-order valence-electron chi connectivity index (χ4n) is 2.67. The van der Waals surface area contributed by atoms with Gasteiger partial charge in [0.15, 0.2) is 23.3 Å². The predicted molar refractivity (Wildman–Crippen MR) is 81.4 cm³/mol. The average molecular weight is 388 g/mol. The van der Waals surface area contributed by atoms with E-state index in [-0.39, 0.29) is 12.5 Å². The van der Waals surface area contributed by atoms with Gasteiger partial charge in [0, 0.05) is 0 Å². The number of carbonyl (C=O) groups is 1. The van der Waals surface area contributed by atoms with Crippen LogP contribution in [-0.2, 0) is 9.63 Å². The zero-order chi connectivity index (χ0) is 16.7. The minimum absolute atomic E-state index is 0.0376. The summed E-state index contributed by atoms with van der Waals surface area (Å²) in [5, 5.41) is 12.8. The number of oxime groups is 1. The quantitative estimate of drug-likeness (QED) is 0.846. The van der Waals surface area contributed by atoms with Crippen LogP contribution in [0.1, 0.15) is 18.6 Å². The Bertz CT molecular complexity index is 703. The molecule has 0 saturated heterocycles. The van der Waals surface area contributed by atoms with Gasteiger partial charge >= 0.3 is 5.97 Å². The van der Waals surface area contributed by atoms with E-state index in [9.17, 15) is 9.90 Å². The second-order valence-corrected chi connectivity index (χ2v) is 5.75. The topological polar surface area (TPSA) is 95.8 Å². The molecule has 1 N–H and O–H groups in total. The number of halogens is 1. The third kappa shape index (κ3) is 2.26. The molecule has 9 heteroatoms. The van der Waals surface area contributed by atoms with Gasteiger partial charge in [0.1, 0.15) is 0 Å². The normalized spacial score (nSPS) is 21.7. The molecular formula is C14H14BrNO7.